The lowest BCUT2D eigenvalue weighted by atomic mass is 10.0. The highest BCUT2D eigenvalue weighted by Gasteiger charge is 2.23. The van der Waals surface area contributed by atoms with Gasteiger partial charge in [0, 0.05) is 26.1 Å². The van der Waals surface area contributed by atoms with Crippen molar-refractivity contribution in [3.63, 3.8) is 0 Å². The molecule has 1 aliphatic heterocycles. The Morgan fingerprint density at radius 2 is 1.94 bits per heavy atom. The summed E-state index contributed by atoms with van der Waals surface area (Å²) in [6.45, 7) is 3.74. The SMILES string of the molecule is CCC(CC(=O)O)CN1CCS(=O)(=O)CC1. The summed E-state index contributed by atoms with van der Waals surface area (Å²) in [7, 11) is -2.84. The molecule has 5 nitrogen and oxygen atoms in total. The zero-order chi connectivity index (χ0) is 12.2. The van der Waals surface area contributed by atoms with E-state index in [9.17, 15) is 13.2 Å². The highest BCUT2D eigenvalue weighted by molar-refractivity contribution is 7.91. The second-order valence-corrected chi connectivity index (χ2v) is 6.63. The van der Waals surface area contributed by atoms with Gasteiger partial charge in [-0.3, -0.25) is 4.79 Å². The minimum absolute atomic E-state index is 0.123. The van der Waals surface area contributed by atoms with Gasteiger partial charge < -0.3 is 10.0 Å². The largest absolute Gasteiger partial charge is 0.481 e. The Morgan fingerprint density at radius 3 is 2.38 bits per heavy atom. The first-order chi connectivity index (χ1) is 7.43. The molecule has 0 aromatic heterocycles. The molecular weight excluding hydrogens is 230 g/mol. The molecule has 94 valence electrons. The van der Waals surface area contributed by atoms with E-state index in [1.807, 2.05) is 6.92 Å². The zero-order valence-corrected chi connectivity index (χ0v) is 10.4. The van der Waals surface area contributed by atoms with Gasteiger partial charge in [-0.15, -0.1) is 0 Å². The first-order valence-corrected chi connectivity index (χ1v) is 7.39. The Kier molecular flexibility index (Phi) is 4.73. The predicted octanol–water partition coefficient (Wildman–Crippen LogP) is 0.218. The van der Waals surface area contributed by atoms with E-state index in [0.717, 1.165) is 6.42 Å². The molecule has 0 aromatic carbocycles. The summed E-state index contributed by atoms with van der Waals surface area (Å²) in [6.07, 6.45) is 0.981. The van der Waals surface area contributed by atoms with Crippen LogP contribution in [0.25, 0.3) is 0 Å². The van der Waals surface area contributed by atoms with Crippen molar-refractivity contribution in [1.29, 1.82) is 0 Å². The van der Waals surface area contributed by atoms with Crippen LogP contribution < -0.4 is 0 Å². The molecule has 1 fully saturated rings. The van der Waals surface area contributed by atoms with Crippen LogP contribution in [0.2, 0.25) is 0 Å². The topological polar surface area (TPSA) is 74.7 Å². The van der Waals surface area contributed by atoms with E-state index in [2.05, 4.69) is 4.90 Å². The minimum atomic E-state index is -2.84. The molecule has 0 bridgehead atoms. The summed E-state index contributed by atoms with van der Waals surface area (Å²) in [5.41, 5.74) is 0. The monoisotopic (exact) mass is 249 g/mol. The summed E-state index contributed by atoms with van der Waals surface area (Å²) < 4.78 is 22.4. The Labute approximate surface area is 96.4 Å². The van der Waals surface area contributed by atoms with Crippen molar-refractivity contribution in [3.05, 3.63) is 0 Å². The molecule has 1 aliphatic rings. The maximum absolute atomic E-state index is 11.2. The number of nitrogens with zero attached hydrogens (tertiary/aromatic N) is 1. The number of carboxylic acids is 1. The number of aliphatic carboxylic acids is 1. The standard InChI is InChI=1S/C10H19NO4S/c1-2-9(7-10(12)13)8-11-3-5-16(14,15)6-4-11/h9H,2-8H2,1H3,(H,12,13). The quantitative estimate of drug-likeness (QED) is 0.754. The van der Waals surface area contributed by atoms with Gasteiger partial charge in [-0.1, -0.05) is 13.3 Å². The van der Waals surface area contributed by atoms with Gasteiger partial charge in [0.05, 0.1) is 11.5 Å². The lowest BCUT2D eigenvalue weighted by molar-refractivity contribution is -0.138. The van der Waals surface area contributed by atoms with E-state index in [1.54, 1.807) is 0 Å². The Bertz CT molecular complexity index is 325. The van der Waals surface area contributed by atoms with Crippen LogP contribution in [0.4, 0.5) is 0 Å². The molecule has 0 saturated carbocycles. The number of rotatable bonds is 5. The fraction of sp³-hybridized carbons (Fsp3) is 0.900. The molecule has 1 N–H and O–H groups in total. The number of sulfone groups is 1. The highest BCUT2D eigenvalue weighted by Crippen LogP contribution is 2.13. The molecule has 16 heavy (non-hydrogen) atoms. The Balaban J connectivity index is 2.39. The molecule has 1 atom stereocenters. The van der Waals surface area contributed by atoms with E-state index >= 15 is 0 Å². The van der Waals surface area contributed by atoms with Gasteiger partial charge in [0.25, 0.3) is 0 Å². The zero-order valence-electron chi connectivity index (χ0n) is 9.55. The van der Waals surface area contributed by atoms with Crippen molar-refractivity contribution >= 4 is 15.8 Å². The van der Waals surface area contributed by atoms with Crippen molar-refractivity contribution < 1.29 is 18.3 Å². The molecule has 0 aromatic rings. The van der Waals surface area contributed by atoms with Gasteiger partial charge in [-0.25, -0.2) is 8.42 Å². The maximum Gasteiger partial charge on any atom is 0.303 e. The lowest BCUT2D eigenvalue weighted by Crippen LogP contribution is -2.42. The molecule has 1 unspecified atom stereocenters. The van der Waals surface area contributed by atoms with E-state index in [-0.39, 0.29) is 23.8 Å². The van der Waals surface area contributed by atoms with Crippen LogP contribution in [0, 0.1) is 5.92 Å². The van der Waals surface area contributed by atoms with Gasteiger partial charge in [0.2, 0.25) is 0 Å². The molecule has 1 saturated heterocycles. The van der Waals surface area contributed by atoms with E-state index in [1.165, 1.54) is 0 Å². The highest BCUT2D eigenvalue weighted by atomic mass is 32.2. The van der Waals surface area contributed by atoms with Gasteiger partial charge in [-0.05, 0) is 5.92 Å². The van der Waals surface area contributed by atoms with Crippen molar-refractivity contribution in [2.45, 2.75) is 19.8 Å². The van der Waals surface area contributed by atoms with Crippen molar-refractivity contribution in [2.75, 3.05) is 31.1 Å². The number of hydrogen-bond acceptors (Lipinski definition) is 4. The molecule has 0 amide bonds. The van der Waals surface area contributed by atoms with Gasteiger partial charge >= 0.3 is 5.97 Å². The second-order valence-electron chi connectivity index (χ2n) is 4.32. The summed E-state index contributed by atoms with van der Waals surface area (Å²) in [5.74, 6) is -0.248. The van der Waals surface area contributed by atoms with Crippen molar-refractivity contribution in [1.82, 2.24) is 4.90 Å². The van der Waals surface area contributed by atoms with Crippen LogP contribution in [-0.2, 0) is 14.6 Å². The lowest BCUT2D eigenvalue weighted by Gasteiger charge is -2.29. The molecule has 0 aliphatic carbocycles. The van der Waals surface area contributed by atoms with Gasteiger partial charge in [0.15, 0.2) is 9.84 Å². The van der Waals surface area contributed by atoms with Crippen LogP contribution in [0.15, 0.2) is 0 Å². The van der Waals surface area contributed by atoms with E-state index in [4.69, 9.17) is 5.11 Å². The van der Waals surface area contributed by atoms with Crippen molar-refractivity contribution in [2.24, 2.45) is 5.92 Å². The Morgan fingerprint density at radius 1 is 1.38 bits per heavy atom. The fourth-order valence-corrected chi connectivity index (χ4v) is 3.16. The van der Waals surface area contributed by atoms with Crippen LogP contribution in [0.3, 0.4) is 0 Å². The summed E-state index contributed by atoms with van der Waals surface area (Å²) in [6, 6.07) is 0. The maximum atomic E-state index is 11.2. The summed E-state index contributed by atoms with van der Waals surface area (Å²) in [5, 5.41) is 8.71. The molecule has 1 rings (SSSR count). The average molecular weight is 249 g/mol. The normalized spacial score (nSPS) is 22.8. The summed E-state index contributed by atoms with van der Waals surface area (Å²) in [4.78, 5) is 12.7. The Hall–Kier alpha value is -0.620. The third-order valence-electron chi connectivity index (χ3n) is 2.99. The number of carboxylic acid groups (broad SMARTS) is 1. The fourth-order valence-electron chi connectivity index (χ4n) is 1.88. The van der Waals surface area contributed by atoms with E-state index in [0.29, 0.717) is 19.6 Å². The van der Waals surface area contributed by atoms with Gasteiger partial charge in [-0.2, -0.15) is 0 Å². The number of carbonyl (C=O) groups is 1. The van der Waals surface area contributed by atoms with Gasteiger partial charge in [0.1, 0.15) is 0 Å². The summed E-state index contributed by atoms with van der Waals surface area (Å²) >= 11 is 0. The molecular formula is C10H19NO4S. The predicted molar refractivity (Wildman–Crippen MR) is 61.1 cm³/mol. The van der Waals surface area contributed by atoms with Crippen molar-refractivity contribution in [3.8, 4) is 0 Å². The van der Waals surface area contributed by atoms with Crippen LogP contribution in [-0.4, -0.2) is 55.5 Å². The molecule has 1 heterocycles. The first-order valence-electron chi connectivity index (χ1n) is 5.57. The third-order valence-corrected chi connectivity index (χ3v) is 4.60. The van der Waals surface area contributed by atoms with E-state index < -0.39 is 15.8 Å². The molecule has 0 spiro atoms. The molecule has 6 heteroatoms. The number of hydrogen-bond donors (Lipinski definition) is 1. The first kappa shape index (κ1) is 13.4. The molecule has 0 radical (unpaired) electrons. The van der Waals surface area contributed by atoms with Crippen LogP contribution in [0.1, 0.15) is 19.8 Å². The van der Waals surface area contributed by atoms with Crippen LogP contribution in [0.5, 0.6) is 0 Å². The minimum Gasteiger partial charge on any atom is -0.481 e. The smallest absolute Gasteiger partial charge is 0.303 e. The second kappa shape index (κ2) is 5.63. The average Bonchev–Trinajstić information content (AvgIpc) is 2.19. The third kappa shape index (κ3) is 4.49. The van der Waals surface area contributed by atoms with Crippen LogP contribution >= 0.6 is 0 Å².